The number of phenols is 2. The molecule has 2 aliphatic rings. The number of esters is 6. The van der Waals surface area contributed by atoms with E-state index >= 15 is 0 Å². The summed E-state index contributed by atoms with van der Waals surface area (Å²) in [6, 6.07) is 8.40. The van der Waals surface area contributed by atoms with Crippen LogP contribution in [0.4, 0.5) is 0 Å². The Morgan fingerprint density at radius 1 is 0.656 bits per heavy atom. The van der Waals surface area contributed by atoms with E-state index < -0.39 is 110 Å². The molecule has 2 aromatic rings. The maximum Gasteiger partial charge on any atom is 0.331 e. The Balaban J connectivity index is 1.73. The number of ether oxygens (including phenoxy) is 11. The molecule has 2 aliphatic heterocycles. The van der Waals surface area contributed by atoms with Gasteiger partial charge in [-0.05, 0) is 47.5 Å². The van der Waals surface area contributed by atoms with Crippen LogP contribution in [0.1, 0.15) is 38.8 Å². The fraction of sp³-hybridized carbons (Fsp3) is 0.450. The largest absolute Gasteiger partial charge is 0.504 e. The molecule has 2 aromatic carbocycles. The molecule has 4 N–H and O–H groups in total. The quantitative estimate of drug-likeness (QED) is 0.0974. The van der Waals surface area contributed by atoms with E-state index in [1.807, 2.05) is 0 Å². The van der Waals surface area contributed by atoms with Gasteiger partial charge in [-0.1, -0.05) is 12.1 Å². The molecule has 0 unspecified atom stereocenters. The maximum absolute atomic E-state index is 13.4. The fourth-order valence-corrected chi connectivity index (χ4v) is 6.06. The molecule has 0 saturated carbocycles. The predicted molar refractivity (Wildman–Crippen MR) is 202 cm³/mol. The third-order valence-electron chi connectivity index (χ3n) is 8.80. The van der Waals surface area contributed by atoms with Gasteiger partial charge in [0.05, 0.1) is 14.2 Å². The predicted octanol–water partition coefficient (Wildman–Crippen LogP) is 0.845. The lowest BCUT2D eigenvalue weighted by molar-refractivity contribution is -0.384. The van der Waals surface area contributed by atoms with Crippen LogP contribution in [0.2, 0.25) is 0 Å². The van der Waals surface area contributed by atoms with Crippen LogP contribution in [0.5, 0.6) is 23.0 Å². The molecule has 0 aromatic heterocycles. The van der Waals surface area contributed by atoms with Crippen molar-refractivity contribution in [2.24, 2.45) is 0 Å². The van der Waals surface area contributed by atoms with E-state index in [2.05, 4.69) is 0 Å². The molecule has 0 aliphatic carbocycles. The lowest BCUT2D eigenvalue weighted by Crippen LogP contribution is -2.65. The van der Waals surface area contributed by atoms with Crippen molar-refractivity contribution in [1.82, 2.24) is 0 Å². The van der Waals surface area contributed by atoms with E-state index in [4.69, 9.17) is 52.1 Å². The normalized spacial score (nSPS) is 26.0. The molecular formula is C40H46O21. The molecule has 21 heteroatoms. The highest BCUT2D eigenvalue weighted by Crippen LogP contribution is 2.40. The smallest absolute Gasteiger partial charge is 0.331 e. The van der Waals surface area contributed by atoms with Gasteiger partial charge in [0.2, 0.25) is 12.1 Å². The van der Waals surface area contributed by atoms with Crippen LogP contribution in [0.3, 0.4) is 0 Å². The molecule has 4 rings (SSSR count). The van der Waals surface area contributed by atoms with Crippen LogP contribution in [-0.2, 0) is 71.4 Å². The molecule has 21 nitrogen and oxygen atoms in total. The standard InChI is InChI=1S/C40H46O21/c1-20(41)53-18-31-36(56-22(3)43)35(50)37(57-23(4)44)39(58-31)61-40(19-55-21(2)42)38(59-33(48)14-10-25-8-12-27(46)29(16-25)52-6)34(49)30(60-40)17-54-32(47)13-9-24-7-11-26(45)28(15-24)51-5/h7-16,30-31,34-39,45-46,49-50H,17-19H2,1-6H3/t30-,31-,34-,35+,36-,37-,38+,39-,40+/m1/s1. The summed E-state index contributed by atoms with van der Waals surface area (Å²) in [7, 11) is 2.65. The molecule has 2 fully saturated rings. The Morgan fingerprint density at radius 3 is 1.70 bits per heavy atom. The second kappa shape index (κ2) is 21.3. The topological polar surface area (TPSA) is 285 Å². The number of hydrogen-bond acceptors (Lipinski definition) is 21. The highest BCUT2D eigenvalue weighted by atomic mass is 16.8. The summed E-state index contributed by atoms with van der Waals surface area (Å²) in [4.78, 5) is 74.7. The number of carbonyl (C=O) groups is 6. The summed E-state index contributed by atoms with van der Waals surface area (Å²) < 4.78 is 60.3. The second-order valence-electron chi connectivity index (χ2n) is 13.4. The summed E-state index contributed by atoms with van der Waals surface area (Å²) in [5, 5.41) is 43.0. The number of aliphatic hydroxyl groups excluding tert-OH is 2. The van der Waals surface area contributed by atoms with Crippen LogP contribution < -0.4 is 9.47 Å². The van der Waals surface area contributed by atoms with E-state index in [1.165, 1.54) is 62.8 Å². The molecule has 332 valence electrons. The minimum Gasteiger partial charge on any atom is -0.504 e. The van der Waals surface area contributed by atoms with Crippen molar-refractivity contribution in [2.45, 2.75) is 82.5 Å². The SMILES string of the molecule is COc1cc(C=CC(=O)OC[C@H]2O[C@@](COC(C)=O)(O[C@H]3O[C@H](COC(C)=O)[C@@H](OC(C)=O)[C@H](O)[C@H]3OC(C)=O)[C@@H](OC(=O)C=Cc3ccc(O)c(OC)c3)[C@@H]2O)ccc1O. The van der Waals surface area contributed by atoms with Crippen molar-refractivity contribution in [3.05, 3.63) is 59.7 Å². The molecule has 0 radical (unpaired) electrons. The number of aromatic hydroxyl groups is 2. The number of rotatable bonds is 17. The van der Waals surface area contributed by atoms with Crippen LogP contribution in [0.15, 0.2) is 48.6 Å². The maximum atomic E-state index is 13.4. The van der Waals surface area contributed by atoms with Gasteiger partial charge in [0, 0.05) is 39.8 Å². The van der Waals surface area contributed by atoms with Gasteiger partial charge in [-0.15, -0.1) is 0 Å². The van der Waals surface area contributed by atoms with Gasteiger partial charge in [-0.3, -0.25) is 19.2 Å². The van der Waals surface area contributed by atoms with E-state index in [0.29, 0.717) is 11.1 Å². The van der Waals surface area contributed by atoms with Crippen molar-refractivity contribution in [2.75, 3.05) is 34.0 Å². The van der Waals surface area contributed by atoms with Gasteiger partial charge in [0.1, 0.15) is 44.2 Å². The van der Waals surface area contributed by atoms with E-state index in [1.54, 1.807) is 0 Å². The Morgan fingerprint density at radius 2 is 1.18 bits per heavy atom. The van der Waals surface area contributed by atoms with Gasteiger partial charge < -0.3 is 72.5 Å². The summed E-state index contributed by atoms with van der Waals surface area (Å²) in [6.07, 6.45) is -10.0. The lowest BCUT2D eigenvalue weighted by Gasteiger charge is -2.45. The van der Waals surface area contributed by atoms with Crippen molar-refractivity contribution in [3.63, 3.8) is 0 Å². The van der Waals surface area contributed by atoms with E-state index in [0.717, 1.165) is 39.8 Å². The summed E-state index contributed by atoms with van der Waals surface area (Å²) >= 11 is 0. The first-order chi connectivity index (χ1) is 28.9. The first-order valence-electron chi connectivity index (χ1n) is 18.3. The Kier molecular flexibility index (Phi) is 16.6. The molecule has 61 heavy (non-hydrogen) atoms. The number of aliphatic hydroxyl groups is 2. The van der Waals surface area contributed by atoms with Crippen molar-refractivity contribution in [1.29, 1.82) is 0 Å². The Bertz CT molecular complexity index is 1970. The third-order valence-corrected chi connectivity index (χ3v) is 8.80. The van der Waals surface area contributed by atoms with Crippen molar-refractivity contribution < 1.29 is 101 Å². The minimum absolute atomic E-state index is 0.0823. The molecule has 9 atom stereocenters. The van der Waals surface area contributed by atoms with Crippen LogP contribution in [0.25, 0.3) is 12.2 Å². The lowest BCUT2D eigenvalue weighted by atomic mass is 9.98. The zero-order valence-corrected chi connectivity index (χ0v) is 33.7. The molecular weight excluding hydrogens is 816 g/mol. The summed E-state index contributed by atoms with van der Waals surface area (Å²) in [5.74, 6) is -8.47. The number of carbonyl (C=O) groups excluding carboxylic acids is 6. The number of methoxy groups -OCH3 is 2. The van der Waals surface area contributed by atoms with Crippen molar-refractivity contribution in [3.8, 4) is 23.0 Å². The van der Waals surface area contributed by atoms with Crippen LogP contribution >= 0.6 is 0 Å². The molecule has 0 spiro atoms. The van der Waals surface area contributed by atoms with Gasteiger partial charge in [-0.25, -0.2) is 9.59 Å². The molecule has 0 amide bonds. The monoisotopic (exact) mass is 862 g/mol. The van der Waals surface area contributed by atoms with Gasteiger partial charge in [0.15, 0.2) is 41.3 Å². The van der Waals surface area contributed by atoms with Crippen LogP contribution in [-0.4, -0.2) is 145 Å². The van der Waals surface area contributed by atoms with E-state index in [9.17, 15) is 49.2 Å². The first-order valence-corrected chi connectivity index (χ1v) is 18.3. The number of benzene rings is 2. The fourth-order valence-electron chi connectivity index (χ4n) is 6.06. The number of hydrogen-bond donors (Lipinski definition) is 4. The first kappa shape index (κ1) is 47.4. The zero-order valence-electron chi connectivity index (χ0n) is 33.7. The zero-order chi connectivity index (χ0) is 45.0. The Labute approximate surface area is 348 Å². The average Bonchev–Trinajstić information content (AvgIpc) is 3.45. The Hall–Kier alpha value is -6.26. The van der Waals surface area contributed by atoms with Gasteiger partial charge in [0.25, 0.3) is 0 Å². The molecule has 0 bridgehead atoms. The van der Waals surface area contributed by atoms with Gasteiger partial charge in [-0.2, -0.15) is 0 Å². The van der Waals surface area contributed by atoms with Gasteiger partial charge >= 0.3 is 35.8 Å². The minimum atomic E-state index is -2.63. The summed E-state index contributed by atoms with van der Waals surface area (Å²) in [6.45, 7) is 1.66. The third kappa shape index (κ3) is 12.9. The highest BCUT2D eigenvalue weighted by molar-refractivity contribution is 5.88. The van der Waals surface area contributed by atoms with Crippen molar-refractivity contribution >= 4 is 48.0 Å². The second-order valence-corrected chi connectivity index (χ2v) is 13.4. The van der Waals surface area contributed by atoms with Crippen LogP contribution in [0, 0.1) is 0 Å². The summed E-state index contributed by atoms with van der Waals surface area (Å²) in [5.41, 5.74) is 0.791. The van der Waals surface area contributed by atoms with E-state index in [-0.39, 0.29) is 23.0 Å². The number of phenolic OH excluding ortho intramolecular Hbond substituents is 2. The average molecular weight is 863 g/mol. The molecule has 2 saturated heterocycles. The molecule has 2 heterocycles. The highest BCUT2D eigenvalue weighted by Gasteiger charge is 2.63.